The van der Waals surface area contributed by atoms with Crippen molar-refractivity contribution in [1.29, 1.82) is 0 Å². The van der Waals surface area contributed by atoms with E-state index in [0.29, 0.717) is 0 Å². The monoisotopic (exact) mass is 278 g/mol. The summed E-state index contributed by atoms with van der Waals surface area (Å²) >= 11 is 1.97. The van der Waals surface area contributed by atoms with Crippen molar-refractivity contribution < 1.29 is 0 Å². The van der Waals surface area contributed by atoms with E-state index in [1.54, 1.807) is 5.56 Å². The summed E-state index contributed by atoms with van der Waals surface area (Å²) < 4.78 is 0. The van der Waals surface area contributed by atoms with Crippen LogP contribution in [0.25, 0.3) is 0 Å². The van der Waals surface area contributed by atoms with Crippen LogP contribution in [-0.2, 0) is 13.1 Å². The number of fused-ring (bicyclic) bond motifs is 1. The third kappa shape index (κ3) is 3.04. The van der Waals surface area contributed by atoms with Crippen molar-refractivity contribution in [3.05, 3.63) is 21.4 Å². The molecule has 2 atom stereocenters. The molecule has 2 aliphatic rings. The van der Waals surface area contributed by atoms with Gasteiger partial charge in [-0.1, -0.05) is 13.3 Å². The fraction of sp³-hybridized carbons (Fsp3) is 0.750. The number of thiophene rings is 1. The maximum atomic E-state index is 3.43. The average molecular weight is 278 g/mol. The molecular formula is C16H26N2S. The van der Waals surface area contributed by atoms with E-state index in [9.17, 15) is 0 Å². The highest BCUT2D eigenvalue weighted by molar-refractivity contribution is 7.12. The van der Waals surface area contributed by atoms with Crippen LogP contribution in [0.2, 0.25) is 0 Å². The van der Waals surface area contributed by atoms with Crippen molar-refractivity contribution in [2.75, 3.05) is 19.6 Å². The minimum atomic E-state index is 1.01. The van der Waals surface area contributed by atoms with E-state index < -0.39 is 0 Å². The molecule has 19 heavy (non-hydrogen) atoms. The van der Waals surface area contributed by atoms with Crippen LogP contribution in [0, 0.1) is 18.8 Å². The highest BCUT2D eigenvalue weighted by atomic mass is 32.1. The first-order valence-electron chi connectivity index (χ1n) is 7.77. The molecule has 0 bridgehead atoms. The minimum absolute atomic E-state index is 1.01. The molecule has 2 nitrogen and oxygen atoms in total. The van der Waals surface area contributed by atoms with Gasteiger partial charge in [0.25, 0.3) is 0 Å². The molecule has 1 aromatic heterocycles. The summed E-state index contributed by atoms with van der Waals surface area (Å²) in [5, 5.41) is 3.43. The van der Waals surface area contributed by atoms with Crippen molar-refractivity contribution in [3.63, 3.8) is 0 Å². The molecule has 1 aliphatic carbocycles. The molecule has 0 radical (unpaired) electrons. The number of likely N-dealkylation sites (tertiary alicyclic amines) is 1. The Kier molecular flexibility index (Phi) is 4.25. The Bertz CT molecular complexity index is 414. The molecule has 106 valence electrons. The smallest absolute Gasteiger partial charge is 0.0299 e. The third-order valence-corrected chi connectivity index (χ3v) is 5.91. The lowest BCUT2D eigenvalue weighted by atomic mass is 10.0. The lowest BCUT2D eigenvalue weighted by molar-refractivity contribution is 0.303. The molecule has 1 saturated carbocycles. The van der Waals surface area contributed by atoms with Gasteiger partial charge in [0.05, 0.1) is 0 Å². The lowest BCUT2D eigenvalue weighted by Gasteiger charge is -2.16. The number of hydrogen-bond donors (Lipinski definition) is 1. The van der Waals surface area contributed by atoms with Crippen molar-refractivity contribution in [3.8, 4) is 0 Å². The van der Waals surface area contributed by atoms with Gasteiger partial charge in [0.1, 0.15) is 0 Å². The summed E-state index contributed by atoms with van der Waals surface area (Å²) in [5.41, 5.74) is 1.57. The Morgan fingerprint density at radius 2 is 2.05 bits per heavy atom. The molecule has 1 aromatic rings. The van der Waals surface area contributed by atoms with Gasteiger partial charge in [-0.25, -0.2) is 0 Å². The van der Waals surface area contributed by atoms with Crippen molar-refractivity contribution in [2.24, 2.45) is 11.8 Å². The number of aryl methyl sites for hydroxylation is 1. The summed E-state index contributed by atoms with van der Waals surface area (Å²) in [6.45, 7) is 10.4. The highest BCUT2D eigenvalue weighted by Crippen LogP contribution is 2.38. The number of nitrogens with one attached hydrogen (secondary N) is 1. The summed E-state index contributed by atoms with van der Waals surface area (Å²) in [4.78, 5) is 5.71. The number of hydrogen-bond acceptors (Lipinski definition) is 3. The van der Waals surface area contributed by atoms with Gasteiger partial charge in [-0.3, -0.25) is 4.90 Å². The van der Waals surface area contributed by atoms with Gasteiger partial charge in [-0.2, -0.15) is 0 Å². The summed E-state index contributed by atoms with van der Waals surface area (Å²) in [7, 11) is 0. The molecule has 3 heteroatoms. The van der Waals surface area contributed by atoms with E-state index in [0.717, 1.165) is 24.9 Å². The van der Waals surface area contributed by atoms with Crippen LogP contribution in [-0.4, -0.2) is 24.5 Å². The van der Waals surface area contributed by atoms with Crippen LogP contribution >= 0.6 is 11.3 Å². The average Bonchev–Trinajstić information content (AvgIpc) is 3.03. The van der Waals surface area contributed by atoms with E-state index in [1.807, 2.05) is 11.3 Å². The Morgan fingerprint density at radius 1 is 1.32 bits per heavy atom. The van der Waals surface area contributed by atoms with Gasteiger partial charge in [-0.05, 0) is 49.8 Å². The van der Waals surface area contributed by atoms with Crippen LogP contribution < -0.4 is 5.32 Å². The molecule has 1 aliphatic heterocycles. The molecule has 0 aromatic carbocycles. The second kappa shape index (κ2) is 5.94. The fourth-order valence-corrected chi connectivity index (χ4v) is 4.81. The SMILES string of the molecule is CCNCc1cc(CN2CC3CCCC3C2)c(C)s1. The largest absolute Gasteiger partial charge is 0.312 e. The summed E-state index contributed by atoms with van der Waals surface area (Å²) in [6, 6.07) is 2.43. The Labute approximate surface area is 121 Å². The van der Waals surface area contributed by atoms with Crippen LogP contribution in [0.1, 0.15) is 41.5 Å². The molecule has 1 saturated heterocycles. The third-order valence-electron chi connectivity index (χ3n) is 4.82. The lowest BCUT2D eigenvalue weighted by Crippen LogP contribution is -2.21. The topological polar surface area (TPSA) is 15.3 Å². The fourth-order valence-electron chi connectivity index (χ4n) is 3.78. The number of rotatable bonds is 5. The second-order valence-electron chi connectivity index (χ2n) is 6.22. The molecule has 2 heterocycles. The van der Waals surface area contributed by atoms with E-state index in [-0.39, 0.29) is 0 Å². The standard InChI is InChI=1S/C16H26N2S/c1-3-17-8-16-7-15(12(2)19-16)11-18-9-13-5-4-6-14(13)10-18/h7,13-14,17H,3-6,8-11H2,1-2H3. The zero-order valence-electron chi connectivity index (χ0n) is 12.2. The zero-order valence-corrected chi connectivity index (χ0v) is 13.1. The van der Waals surface area contributed by atoms with Gasteiger partial charge in [0.15, 0.2) is 0 Å². The minimum Gasteiger partial charge on any atom is -0.312 e. The molecule has 2 fully saturated rings. The molecule has 0 spiro atoms. The zero-order chi connectivity index (χ0) is 13.2. The van der Waals surface area contributed by atoms with E-state index >= 15 is 0 Å². The maximum absolute atomic E-state index is 3.43. The normalized spacial score (nSPS) is 27.1. The Morgan fingerprint density at radius 3 is 2.74 bits per heavy atom. The summed E-state index contributed by atoms with van der Waals surface area (Å²) in [6.07, 6.45) is 4.44. The van der Waals surface area contributed by atoms with Crippen LogP contribution in [0.4, 0.5) is 0 Å². The van der Waals surface area contributed by atoms with Gasteiger partial charge >= 0.3 is 0 Å². The predicted molar refractivity (Wildman–Crippen MR) is 82.5 cm³/mol. The maximum Gasteiger partial charge on any atom is 0.0299 e. The van der Waals surface area contributed by atoms with Crippen molar-refractivity contribution in [1.82, 2.24) is 10.2 Å². The first kappa shape index (κ1) is 13.6. The molecule has 3 rings (SSSR count). The molecule has 1 N–H and O–H groups in total. The van der Waals surface area contributed by atoms with Crippen molar-refractivity contribution in [2.45, 2.75) is 46.2 Å². The molecule has 0 amide bonds. The van der Waals surface area contributed by atoms with Gasteiger partial charge in [-0.15, -0.1) is 11.3 Å². The quantitative estimate of drug-likeness (QED) is 0.888. The van der Waals surface area contributed by atoms with Crippen LogP contribution in [0.3, 0.4) is 0 Å². The Hall–Kier alpha value is -0.380. The predicted octanol–water partition coefficient (Wildman–Crippen LogP) is 3.40. The highest BCUT2D eigenvalue weighted by Gasteiger charge is 2.35. The van der Waals surface area contributed by atoms with E-state index in [2.05, 4.69) is 30.1 Å². The summed E-state index contributed by atoms with van der Waals surface area (Å²) in [5.74, 6) is 2.03. The molecular weight excluding hydrogens is 252 g/mol. The molecule has 2 unspecified atom stereocenters. The van der Waals surface area contributed by atoms with Gasteiger partial charge in [0, 0.05) is 35.9 Å². The number of nitrogens with zero attached hydrogens (tertiary/aromatic N) is 1. The first-order chi connectivity index (χ1) is 9.26. The van der Waals surface area contributed by atoms with Crippen LogP contribution in [0.15, 0.2) is 6.07 Å². The van der Waals surface area contributed by atoms with E-state index in [1.165, 1.54) is 48.7 Å². The van der Waals surface area contributed by atoms with Gasteiger partial charge in [0.2, 0.25) is 0 Å². The van der Waals surface area contributed by atoms with Crippen LogP contribution in [0.5, 0.6) is 0 Å². The first-order valence-corrected chi connectivity index (χ1v) is 8.59. The Balaban J connectivity index is 1.59. The second-order valence-corrected chi connectivity index (χ2v) is 7.56. The van der Waals surface area contributed by atoms with Gasteiger partial charge < -0.3 is 5.32 Å². The van der Waals surface area contributed by atoms with Crippen molar-refractivity contribution >= 4 is 11.3 Å². The van der Waals surface area contributed by atoms with E-state index in [4.69, 9.17) is 0 Å².